The van der Waals surface area contributed by atoms with Crippen LogP contribution in [0.15, 0.2) is 30.3 Å². The van der Waals surface area contributed by atoms with Gasteiger partial charge in [-0.1, -0.05) is 6.07 Å². The maximum atomic E-state index is 14.7. The topological polar surface area (TPSA) is 59.6 Å². The summed E-state index contributed by atoms with van der Waals surface area (Å²) < 4.78 is 25.0. The molecule has 0 spiro atoms. The second-order valence-corrected chi connectivity index (χ2v) is 5.51. The van der Waals surface area contributed by atoms with E-state index in [1.54, 1.807) is 24.3 Å². The number of carbonyl (C=O) groups excluding carboxylic acids is 1. The molecule has 0 unspecified atom stereocenters. The highest BCUT2D eigenvalue weighted by molar-refractivity contribution is 6.06. The van der Waals surface area contributed by atoms with Crippen LogP contribution in [0.1, 0.15) is 21.5 Å². The fraction of sp³-hybridized carbons (Fsp3) is 0.278. The summed E-state index contributed by atoms with van der Waals surface area (Å²) in [5.41, 5.74) is 2.04. The molecule has 0 atom stereocenters. The highest BCUT2D eigenvalue weighted by Gasteiger charge is 2.19. The zero-order valence-electron chi connectivity index (χ0n) is 13.6. The van der Waals surface area contributed by atoms with Crippen molar-refractivity contribution < 1.29 is 18.7 Å². The molecule has 126 valence electrons. The molecule has 0 fully saturated rings. The molecule has 1 amide bonds. The van der Waals surface area contributed by atoms with E-state index in [2.05, 4.69) is 10.6 Å². The molecule has 6 heteroatoms. The smallest absolute Gasteiger partial charge is 0.259 e. The third-order valence-electron chi connectivity index (χ3n) is 4.11. The molecular formula is C18H19FN2O3. The quantitative estimate of drug-likeness (QED) is 0.905. The van der Waals surface area contributed by atoms with E-state index >= 15 is 0 Å². The lowest BCUT2D eigenvalue weighted by Gasteiger charge is -2.19. The van der Waals surface area contributed by atoms with Crippen molar-refractivity contribution in [1.82, 2.24) is 5.32 Å². The highest BCUT2D eigenvalue weighted by atomic mass is 19.1. The first-order valence-corrected chi connectivity index (χ1v) is 7.68. The van der Waals surface area contributed by atoms with E-state index in [1.807, 2.05) is 6.07 Å². The van der Waals surface area contributed by atoms with Crippen LogP contribution in [-0.4, -0.2) is 26.7 Å². The number of hydrogen-bond donors (Lipinski definition) is 2. The Kier molecular flexibility index (Phi) is 4.66. The Morgan fingerprint density at radius 2 is 2.04 bits per heavy atom. The predicted molar refractivity (Wildman–Crippen MR) is 89.3 cm³/mol. The van der Waals surface area contributed by atoms with Crippen LogP contribution < -0.4 is 20.1 Å². The Balaban J connectivity index is 1.90. The number of halogens is 1. The monoisotopic (exact) mass is 330 g/mol. The molecule has 1 heterocycles. The van der Waals surface area contributed by atoms with E-state index in [1.165, 1.54) is 14.2 Å². The second kappa shape index (κ2) is 6.88. The molecule has 0 bridgehead atoms. The largest absolute Gasteiger partial charge is 0.497 e. The van der Waals surface area contributed by atoms with Crippen molar-refractivity contribution in [2.75, 3.05) is 26.1 Å². The summed E-state index contributed by atoms with van der Waals surface area (Å²) >= 11 is 0. The molecule has 1 aliphatic rings. The summed E-state index contributed by atoms with van der Waals surface area (Å²) in [5, 5.41) is 5.83. The van der Waals surface area contributed by atoms with Gasteiger partial charge in [-0.3, -0.25) is 4.79 Å². The van der Waals surface area contributed by atoms with Crippen molar-refractivity contribution in [1.29, 1.82) is 0 Å². The average Bonchev–Trinajstić information content (AvgIpc) is 2.63. The summed E-state index contributed by atoms with van der Waals surface area (Å²) in [4.78, 5) is 12.6. The minimum atomic E-state index is -0.446. The second-order valence-electron chi connectivity index (χ2n) is 5.51. The Bertz CT molecular complexity index is 777. The molecule has 0 radical (unpaired) electrons. The van der Waals surface area contributed by atoms with Gasteiger partial charge in [0.05, 0.1) is 25.5 Å². The molecule has 5 nitrogen and oxygen atoms in total. The van der Waals surface area contributed by atoms with Crippen LogP contribution in [0.3, 0.4) is 0 Å². The lowest BCUT2D eigenvalue weighted by molar-refractivity contribution is 0.102. The maximum absolute atomic E-state index is 14.7. The Morgan fingerprint density at radius 3 is 2.79 bits per heavy atom. The fourth-order valence-corrected chi connectivity index (χ4v) is 2.81. The fourth-order valence-electron chi connectivity index (χ4n) is 2.81. The first-order chi connectivity index (χ1) is 11.6. The summed E-state index contributed by atoms with van der Waals surface area (Å²) in [6, 6.07) is 8.33. The number of carbonyl (C=O) groups is 1. The van der Waals surface area contributed by atoms with Crippen molar-refractivity contribution in [3.63, 3.8) is 0 Å². The minimum absolute atomic E-state index is 0.172. The van der Waals surface area contributed by atoms with Crippen LogP contribution in [0.5, 0.6) is 11.5 Å². The summed E-state index contributed by atoms with van der Waals surface area (Å²) in [6.45, 7) is 1.37. The van der Waals surface area contributed by atoms with Gasteiger partial charge in [-0.05, 0) is 48.4 Å². The summed E-state index contributed by atoms with van der Waals surface area (Å²) in [5.74, 6) is 0.108. The number of fused-ring (bicyclic) bond motifs is 1. The van der Waals surface area contributed by atoms with Gasteiger partial charge in [0.15, 0.2) is 0 Å². The third-order valence-corrected chi connectivity index (χ3v) is 4.11. The number of benzene rings is 2. The highest BCUT2D eigenvalue weighted by Crippen LogP contribution is 2.28. The molecule has 0 aliphatic carbocycles. The van der Waals surface area contributed by atoms with E-state index in [4.69, 9.17) is 9.47 Å². The lowest BCUT2D eigenvalue weighted by Crippen LogP contribution is -2.25. The van der Waals surface area contributed by atoms with Crippen LogP contribution >= 0.6 is 0 Å². The first-order valence-electron chi connectivity index (χ1n) is 7.68. The van der Waals surface area contributed by atoms with Gasteiger partial charge in [-0.15, -0.1) is 0 Å². The van der Waals surface area contributed by atoms with Crippen LogP contribution in [0.25, 0.3) is 0 Å². The lowest BCUT2D eigenvalue weighted by atomic mass is 9.99. The van der Waals surface area contributed by atoms with E-state index in [9.17, 15) is 9.18 Å². The number of anilines is 1. The van der Waals surface area contributed by atoms with Gasteiger partial charge in [-0.2, -0.15) is 0 Å². The molecule has 0 saturated carbocycles. The number of ether oxygens (including phenoxy) is 2. The van der Waals surface area contributed by atoms with Crippen LogP contribution in [0.4, 0.5) is 10.1 Å². The maximum Gasteiger partial charge on any atom is 0.259 e. The minimum Gasteiger partial charge on any atom is -0.497 e. The van der Waals surface area contributed by atoms with Crippen molar-refractivity contribution in [3.8, 4) is 11.5 Å². The van der Waals surface area contributed by atoms with Gasteiger partial charge in [0.25, 0.3) is 5.91 Å². The predicted octanol–water partition coefficient (Wildman–Crippen LogP) is 2.74. The Hall–Kier alpha value is -2.60. The molecule has 0 saturated heterocycles. The molecule has 2 aromatic rings. The van der Waals surface area contributed by atoms with E-state index in [0.717, 1.165) is 12.1 Å². The standard InChI is InChI=1S/C18H19FN2O3/c1-23-12-4-6-16(24-2)14(9-12)18(22)21-15-5-3-11-10-20-8-7-13(11)17(15)19/h3-6,9,20H,7-8,10H2,1-2H3,(H,21,22). The van der Waals surface area contributed by atoms with Gasteiger partial charge < -0.3 is 20.1 Å². The van der Waals surface area contributed by atoms with Crippen LogP contribution in [0, 0.1) is 5.82 Å². The SMILES string of the molecule is COc1ccc(OC)c(C(=O)Nc2ccc3c(c2F)CCNC3)c1. The van der Waals surface area contributed by atoms with Gasteiger partial charge in [0, 0.05) is 6.54 Å². The molecule has 3 rings (SSSR count). The number of rotatable bonds is 4. The molecule has 24 heavy (non-hydrogen) atoms. The zero-order chi connectivity index (χ0) is 17.1. The number of amides is 1. The van der Waals surface area contributed by atoms with E-state index in [0.29, 0.717) is 30.0 Å². The summed E-state index contributed by atoms with van der Waals surface area (Å²) in [7, 11) is 2.99. The molecule has 2 aromatic carbocycles. The van der Waals surface area contributed by atoms with Gasteiger partial charge in [0.1, 0.15) is 17.3 Å². The number of methoxy groups -OCH3 is 2. The molecule has 2 N–H and O–H groups in total. The van der Waals surface area contributed by atoms with Gasteiger partial charge >= 0.3 is 0 Å². The van der Waals surface area contributed by atoms with Crippen molar-refractivity contribution in [2.45, 2.75) is 13.0 Å². The van der Waals surface area contributed by atoms with Gasteiger partial charge in [0.2, 0.25) is 0 Å². The first kappa shape index (κ1) is 16.3. The number of hydrogen-bond acceptors (Lipinski definition) is 4. The van der Waals surface area contributed by atoms with E-state index < -0.39 is 5.91 Å². The van der Waals surface area contributed by atoms with Crippen LogP contribution in [0.2, 0.25) is 0 Å². The number of nitrogens with one attached hydrogen (secondary N) is 2. The normalized spacial score (nSPS) is 13.1. The van der Waals surface area contributed by atoms with E-state index in [-0.39, 0.29) is 17.1 Å². The third kappa shape index (κ3) is 3.05. The van der Waals surface area contributed by atoms with Crippen molar-refractivity contribution in [3.05, 3.63) is 52.8 Å². The molecule has 0 aromatic heterocycles. The van der Waals surface area contributed by atoms with Crippen LogP contribution in [-0.2, 0) is 13.0 Å². The molecular weight excluding hydrogens is 311 g/mol. The van der Waals surface area contributed by atoms with Crippen molar-refractivity contribution >= 4 is 11.6 Å². The summed E-state index contributed by atoms with van der Waals surface area (Å²) in [6.07, 6.45) is 0.605. The Morgan fingerprint density at radius 1 is 1.21 bits per heavy atom. The zero-order valence-corrected chi connectivity index (χ0v) is 13.6. The van der Waals surface area contributed by atoms with Gasteiger partial charge in [-0.25, -0.2) is 4.39 Å². The molecule has 1 aliphatic heterocycles. The average molecular weight is 330 g/mol. The Labute approximate surface area is 139 Å². The van der Waals surface area contributed by atoms with Crippen molar-refractivity contribution in [2.24, 2.45) is 0 Å².